The van der Waals surface area contributed by atoms with Crippen LogP contribution in [0.1, 0.15) is 37.7 Å². The molecule has 2 saturated heterocycles. The largest absolute Gasteiger partial charge is 0.342 e. The van der Waals surface area contributed by atoms with Crippen molar-refractivity contribution in [2.24, 2.45) is 5.41 Å². The zero-order chi connectivity index (χ0) is 19.6. The fourth-order valence-electron chi connectivity index (χ4n) is 4.73. The van der Waals surface area contributed by atoms with Gasteiger partial charge in [0, 0.05) is 38.6 Å². The van der Waals surface area contributed by atoms with E-state index in [9.17, 15) is 9.59 Å². The normalized spacial score (nSPS) is 21.9. The maximum atomic E-state index is 13.0. The minimum atomic E-state index is -0.0666. The molecule has 3 heterocycles. The van der Waals surface area contributed by atoms with Gasteiger partial charge in [0.25, 0.3) is 0 Å². The molecule has 28 heavy (non-hydrogen) atoms. The molecule has 1 spiro atoms. The number of benzene rings is 1. The molecule has 2 amide bonds. The molecular weight excluding hydrogens is 352 g/mol. The van der Waals surface area contributed by atoms with Crippen molar-refractivity contribution in [2.75, 3.05) is 26.2 Å². The van der Waals surface area contributed by atoms with Crippen LogP contribution < -0.4 is 0 Å². The summed E-state index contributed by atoms with van der Waals surface area (Å²) < 4.78 is 1.82. The predicted octanol–water partition coefficient (Wildman–Crippen LogP) is 2.53. The van der Waals surface area contributed by atoms with Gasteiger partial charge in [0.2, 0.25) is 11.8 Å². The summed E-state index contributed by atoms with van der Waals surface area (Å²) in [5.41, 5.74) is 1.22. The topological polar surface area (TPSA) is 58.4 Å². The SMILES string of the molecule is CCN1CC2(CCN(C(=O)Cn3ccnc3)CC2)C[C@@H](c2ccccc2)C1=O. The smallest absolute Gasteiger partial charge is 0.242 e. The van der Waals surface area contributed by atoms with Gasteiger partial charge in [-0.25, -0.2) is 4.98 Å². The molecule has 0 saturated carbocycles. The number of rotatable bonds is 4. The molecule has 0 aliphatic carbocycles. The third kappa shape index (κ3) is 3.68. The molecule has 2 aromatic rings. The number of likely N-dealkylation sites (tertiary alicyclic amines) is 2. The van der Waals surface area contributed by atoms with Crippen LogP contribution in [0.3, 0.4) is 0 Å². The summed E-state index contributed by atoms with van der Waals surface area (Å²) in [4.78, 5) is 33.6. The second kappa shape index (κ2) is 7.78. The Balaban J connectivity index is 1.46. The third-order valence-corrected chi connectivity index (χ3v) is 6.41. The van der Waals surface area contributed by atoms with Crippen molar-refractivity contribution in [3.8, 4) is 0 Å². The van der Waals surface area contributed by atoms with Gasteiger partial charge in [-0.1, -0.05) is 30.3 Å². The van der Waals surface area contributed by atoms with Crippen LogP contribution in [0, 0.1) is 5.41 Å². The van der Waals surface area contributed by atoms with E-state index in [1.165, 1.54) is 0 Å². The van der Waals surface area contributed by atoms with Gasteiger partial charge in [-0.05, 0) is 37.2 Å². The highest BCUT2D eigenvalue weighted by atomic mass is 16.2. The monoisotopic (exact) mass is 380 g/mol. The second-order valence-corrected chi connectivity index (χ2v) is 8.14. The number of carbonyl (C=O) groups is 2. The van der Waals surface area contributed by atoms with Crippen LogP contribution in [0.4, 0.5) is 0 Å². The minimum absolute atomic E-state index is 0.0666. The summed E-state index contributed by atoms with van der Waals surface area (Å²) in [6.45, 7) is 5.49. The van der Waals surface area contributed by atoms with Crippen molar-refractivity contribution >= 4 is 11.8 Å². The third-order valence-electron chi connectivity index (χ3n) is 6.41. The Morgan fingerprint density at radius 2 is 1.96 bits per heavy atom. The van der Waals surface area contributed by atoms with Crippen LogP contribution in [0.15, 0.2) is 49.1 Å². The minimum Gasteiger partial charge on any atom is -0.342 e. The molecule has 0 unspecified atom stereocenters. The quantitative estimate of drug-likeness (QED) is 0.819. The van der Waals surface area contributed by atoms with Crippen molar-refractivity contribution in [2.45, 2.75) is 38.6 Å². The molecule has 0 radical (unpaired) electrons. The number of imidazole rings is 1. The highest BCUT2D eigenvalue weighted by Gasteiger charge is 2.46. The maximum Gasteiger partial charge on any atom is 0.242 e. The van der Waals surface area contributed by atoms with Crippen LogP contribution in [-0.4, -0.2) is 57.3 Å². The van der Waals surface area contributed by atoms with Crippen LogP contribution in [0.25, 0.3) is 0 Å². The molecular formula is C22H28N4O2. The molecule has 6 heteroatoms. The first kappa shape index (κ1) is 18.7. The average molecular weight is 380 g/mol. The van der Waals surface area contributed by atoms with Gasteiger partial charge < -0.3 is 14.4 Å². The summed E-state index contributed by atoms with van der Waals surface area (Å²) in [7, 11) is 0. The van der Waals surface area contributed by atoms with E-state index in [1.54, 1.807) is 12.5 Å². The van der Waals surface area contributed by atoms with E-state index in [4.69, 9.17) is 0 Å². The molecule has 148 valence electrons. The molecule has 0 bridgehead atoms. The van der Waals surface area contributed by atoms with Gasteiger partial charge >= 0.3 is 0 Å². The second-order valence-electron chi connectivity index (χ2n) is 8.14. The van der Waals surface area contributed by atoms with E-state index in [0.29, 0.717) is 6.54 Å². The van der Waals surface area contributed by atoms with Gasteiger partial charge in [-0.15, -0.1) is 0 Å². The fourth-order valence-corrected chi connectivity index (χ4v) is 4.73. The summed E-state index contributed by atoms with van der Waals surface area (Å²) in [5.74, 6) is 0.327. The van der Waals surface area contributed by atoms with E-state index in [1.807, 2.05) is 38.8 Å². The van der Waals surface area contributed by atoms with E-state index in [-0.39, 0.29) is 23.1 Å². The Hall–Kier alpha value is -2.63. The number of likely N-dealkylation sites (N-methyl/N-ethyl adjacent to an activating group) is 1. The fraction of sp³-hybridized carbons (Fsp3) is 0.500. The highest BCUT2D eigenvalue weighted by molar-refractivity contribution is 5.85. The average Bonchev–Trinajstić information content (AvgIpc) is 3.24. The van der Waals surface area contributed by atoms with Crippen molar-refractivity contribution in [3.63, 3.8) is 0 Å². The lowest BCUT2D eigenvalue weighted by Gasteiger charge is -2.49. The van der Waals surface area contributed by atoms with Gasteiger partial charge in [-0.2, -0.15) is 0 Å². The van der Waals surface area contributed by atoms with Gasteiger partial charge in [0.1, 0.15) is 6.54 Å². The number of carbonyl (C=O) groups excluding carboxylic acids is 2. The summed E-state index contributed by atoms with van der Waals surface area (Å²) in [5, 5.41) is 0. The zero-order valence-corrected chi connectivity index (χ0v) is 16.5. The van der Waals surface area contributed by atoms with Crippen LogP contribution in [-0.2, 0) is 16.1 Å². The van der Waals surface area contributed by atoms with Gasteiger partial charge in [0.15, 0.2) is 0 Å². The molecule has 6 nitrogen and oxygen atoms in total. The van der Waals surface area contributed by atoms with Gasteiger partial charge in [-0.3, -0.25) is 9.59 Å². The van der Waals surface area contributed by atoms with Crippen molar-refractivity contribution in [1.82, 2.24) is 19.4 Å². The lowest BCUT2D eigenvalue weighted by molar-refractivity contribution is -0.144. The first-order valence-corrected chi connectivity index (χ1v) is 10.2. The summed E-state index contributed by atoms with van der Waals surface area (Å²) in [6.07, 6.45) is 7.99. The number of piperidine rings is 2. The van der Waals surface area contributed by atoms with Crippen molar-refractivity contribution in [3.05, 3.63) is 54.6 Å². The molecule has 1 aromatic carbocycles. The summed E-state index contributed by atoms with van der Waals surface area (Å²) in [6, 6.07) is 10.2. The lowest BCUT2D eigenvalue weighted by atomic mass is 9.67. The standard InChI is InChI=1S/C22H28N4O2/c1-2-25-16-22(14-19(21(25)28)18-6-4-3-5-7-18)8-11-26(12-9-22)20(27)15-24-13-10-23-17-24/h3-7,10,13,17,19H,2,8-9,11-12,14-16H2,1H3/t19-/m0/s1. The Morgan fingerprint density at radius 3 is 2.61 bits per heavy atom. The molecule has 2 aliphatic rings. The number of amides is 2. The molecule has 1 atom stereocenters. The lowest BCUT2D eigenvalue weighted by Crippen LogP contribution is -2.54. The van der Waals surface area contributed by atoms with Crippen molar-refractivity contribution < 1.29 is 9.59 Å². The Labute approximate surface area is 166 Å². The number of nitrogens with zero attached hydrogens (tertiary/aromatic N) is 4. The maximum absolute atomic E-state index is 13.0. The van der Waals surface area contributed by atoms with Gasteiger partial charge in [0.05, 0.1) is 12.2 Å². The molecule has 2 fully saturated rings. The van der Waals surface area contributed by atoms with E-state index in [2.05, 4.69) is 24.0 Å². The number of hydrogen-bond acceptors (Lipinski definition) is 3. The molecule has 4 rings (SSSR count). The predicted molar refractivity (Wildman–Crippen MR) is 107 cm³/mol. The highest BCUT2D eigenvalue weighted by Crippen LogP contribution is 2.45. The Kier molecular flexibility index (Phi) is 5.20. The number of aromatic nitrogens is 2. The van der Waals surface area contributed by atoms with Crippen LogP contribution in [0.5, 0.6) is 0 Å². The first-order chi connectivity index (χ1) is 13.6. The van der Waals surface area contributed by atoms with Crippen LogP contribution in [0.2, 0.25) is 0 Å². The first-order valence-electron chi connectivity index (χ1n) is 10.2. The molecule has 0 N–H and O–H groups in total. The molecule has 2 aliphatic heterocycles. The van der Waals surface area contributed by atoms with Crippen LogP contribution >= 0.6 is 0 Å². The van der Waals surface area contributed by atoms with E-state index >= 15 is 0 Å². The summed E-state index contributed by atoms with van der Waals surface area (Å²) >= 11 is 0. The Bertz CT molecular complexity index is 810. The number of hydrogen-bond donors (Lipinski definition) is 0. The van der Waals surface area contributed by atoms with E-state index in [0.717, 1.165) is 51.0 Å². The zero-order valence-electron chi connectivity index (χ0n) is 16.5. The Morgan fingerprint density at radius 1 is 1.21 bits per heavy atom. The molecule has 1 aromatic heterocycles. The van der Waals surface area contributed by atoms with Crippen molar-refractivity contribution in [1.29, 1.82) is 0 Å². The van der Waals surface area contributed by atoms with E-state index < -0.39 is 0 Å².